The average Bonchev–Trinajstić information content (AvgIpc) is 2.23. The molecule has 1 aromatic carbocycles. The van der Waals surface area contributed by atoms with E-state index in [0.29, 0.717) is 11.7 Å². The molecule has 3 nitrogen and oxygen atoms in total. The molecule has 0 radical (unpaired) electrons. The molecule has 1 heterocycles. The third kappa shape index (κ3) is 1.74. The van der Waals surface area contributed by atoms with Gasteiger partial charge < -0.3 is 14.9 Å². The Morgan fingerprint density at radius 3 is 2.60 bits per heavy atom. The van der Waals surface area contributed by atoms with Crippen molar-refractivity contribution in [1.29, 1.82) is 0 Å². The van der Waals surface area contributed by atoms with Crippen LogP contribution in [0.3, 0.4) is 0 Å². The molecule has 1 aromatic rings. The predicted octanol–water partition coefficient (Wildman–Crippen LogP) is 2.45. The van der Waals surface area contributed by atoms with E-state index in [9.17, 15) is 10.2 Å². The van der Waals surface area contributed by atoms with Gasteiger partial charge in [0.05, 0.1) is 0 Å². The second kappa shape index (κ2) is 3.65. The minimum Gasteiger partial charge on any atom is -0.508 e. The summed E-state index contributed by atoms with van der Waals surface area (Å²) in [5.74, 6) is 1.21. The van der Waals surface area contributed by atoms with Crippen LogP contribution in [0.5, 0.6) is 17.2 Å². The van der Waals surface area contributed by atoms with Gasteiger partial charge in [-0.2, -0.15) is 0 Å². The molecule has 0 bridgehead atoms. The number of phenols is 2. The van der Waals surface area contributed by atoms with Crippen LogP contribution >= 0.6 is 0 Å². The van der Waals surface area contributed by atoms with E-state index in [1.807, 2.05) is 0 Å². The number of benzene rings is 1. The molecule has 2 rings (SSSR count). The third-order valence-electron chi connectivity index (χ3n) is 2.91. The zero-order chi connectivity index (χ0) is 11.0. The minimum atomic E-state index is 0.119. The first-order valence-corrected chi connectivity index (χ1v) is 5.30. The molecule has 3 heteroatoms. The predicted molar refractivity (Wildman–Crippen MR) is 57.3 cm³/mol. The normalized spacial score (nSPS) is 19.8. The fourth-order valence-electron chi connectivity index (χ4n) is 1.94. The Kier molecular flexibility index (Phi) is 2.47. The summed E-state index contributed by atoms with van der Waals surface area (Å²) in [7, 11) is 0. The van der Waals surface area contributed by atoms with E-state index in [1.165, 1.54) is 12.1 Å². The second-order valence-electron chi connectivity index (χ2n) is 4.35. The van der Waals surface area contributed by atoms with Crippen molar-refractivity contribution in [2.75, 3.05) is 0 Å². The van der Waals surface area contributed by atoms with Crippen molar-refractivity contribution >= 4 is 0 Å². The first-order valence-electron chi connectivity index (χ1n) is 5.30. The Morgan fingerprint density at radius 2 is 1.93 bits per heavy atom. The van der Waals surface area contributed by atoms with Gasteiger partial charge in [0.1, 0.15) is 11.9 Å². The number of aromatic hydroxyl groups is 2. The van der Waals surface area contributed by atoms with Gasteiger partial charge in [0, 0.05) is 5.56 Å². The zero-order valence-electron chi connectivity index (χ0n) is 9.03. The summed E-state index contributed by atoms with van der Waals surface area (Å²) < 4.78 is 5.69. The van der Waals surface area contributed by atoms with Gasteiger partial charge in [-0.1, -0.05) is 13.8 Å². The average molecular weight is 208 g/mol. The van der Waals surface area contributed by atoms with Crippen LogP contribution in [0.4, 0.5) is 0 Å². The first-order chi connectivity index (χ1) is 7.09. The maximum atomic E-state index is 9.64. The van der Waals surface area contributed by atoms with E-state index < -0.39 is 0 Å². The van der Waals surface area contributed by atoms with Crippen LogP contribution in [-0.2, 0) is 6.42 Å². The third-order valence-corrected chi connectivity index (χ3v) is 2.91. The van der Waals surface area contributed by atoms with E-state index in [4.69, 9.17) is 4.74 Å². The molecule has 0 amide bonds. The number of phenolic OH excluding ortho intramolecular Hbond substituents is 2. The van der Waals surface area contributed by atoms with Crippen molar-refractivity contribution in [3.8, 4) is 17.2 Å². The quantitative estimate of drug-likeness (QED) is 0.697. The molecule has 0 spiro atoms. The van der Waals surface area contributed by atoms with Crippen molar-refractivity contribution in [2.45, 2.75) is 32.8 Å². The molecule has 1 atom stereocenters. The van der Waals surface area contributed by atoms with E-state index in [0.717, 1.165) is 18.4 Å². The number of hydrogen-bond donors (Lipinski definition) is 2. The number of rotatable bonds is 1. The largest absolute Gasteiger partial charge is 0.508 e. The topological polar surface area (TPSA) is 49.7 Å². The number of fused-ring (bicyclic) bond motifs is 1. The molecule has 0 aliphatic carbocycles. The highest BCUT2D eigenvalue weighted by molar-refractivity contribution is 5.53. The van der Waals surface area contributed by atoms with Crippen LogP contribution < -0.4 is 4.74 Å². The molecular weight excluding hydrogens is 192 g/mol. The molecule has 1 aliphatic heterocycles. The van der Waals surface area contributed by atoms with Gasteiger partial charge in [-0.25, -0.2) is 0 Å². The fourth-order valence-corrected chi connectivity index (χ4v) is 1.94. The molecule has 1 aliphatic rings. The molecule has 0 aromatic heterocycles. The lowest BCUT2D eigenvalue weighted by atomic mass is 9.95. The van der Waals surface area contributed by atoms with Gasteiger partial charge in [-0.05, 0) is 30.9 Å². The lowest BCUT2D eigenvalue weighted by Gasteiger charge is -2.29. The molecule has 0 saturated heterocycles. The van der Waals surface area contributed by atoms with Gasteiger partial charge in [0.15, 0.2) is 11.5 Å². The van der Waals surface area contributed by atoms with Crippen molar-refractivity contribution in [1.82, 2.24) is 0 Å². The highest BCUT2D eigenvalue weighted by atomic mass is 16.5. The van der Waals surface area contributed by atoms with Crippen molar-refractivity contribution in [2.24, 2.45) is 5.92 Å². The van der Waals surface area contributed by atoms with E-state index in [-0.39, 0.29) is 17.6 Å². The maximum Gasteiger partial charge on any atom is 0.168 e. The molecule has 0 saturated carbocycles. The SMILES string of the molecule is CC(C)C1CCc2c(O)ccc(O)c2O1. The zero-order valence-corrected chi connectivity index (χ0v) is 9.03. The number of hydrogen-bond acceptors (Lipinski definition) is 3. The van der Waals surface area contributed by atoms with Crippen LogP contribution in [0.2, 0.25) is 0 Å². The van der Waals surface area contributed by atoms with Gasteiger partial charge >= 0.3 is 0 Å². The summed E-state index contributed by atoms with van der Waals surface area (Å²) in [6.45, 7) is 4.19. The van der Waals surface area contributed by atoms with E-state index >= 15 is 0 Å². The molecule has 1 unspecified atom stereocenters. The van der Waals surface area contributed by atoms with Gasteiger partial charge in [-0.3, -0.25) is 0 Å². The summed E-state index contributed by atoms with van der Waals surface area (Å²) in [5, 5.41) is 19.3. The lowest BCUT2D eigenvalue weighted by molar-refractivity contribution is 0.121. The van der Waals surface area contributed by atoms with Gasteiger partial charge in [0.25, 0.3) is 0 Å². The molecule has 15 heavy (non-hydrogen) atoms. The smallest absolute Gasteiger partial charge is 0.168 e. The summed E-state index contributed by atoms with van der Waals surface area (Å²) in [6.07, 6.45) is 1.78. The molecule has 0 fully saturated rings. The lowest BCUT2D eigenvalue weighted by Crippen LogP contribution is -2.27. The fraction of sp³-hybridized carbons (Fsp3) is 0.500. The summed E-state index contributed by atoms with van der Waals surface area (Å²) in [5.41, 5.74) is 0.729. The standard InChI is InChI=1S/C12H16O3/c1-7(2)11-6-3-8-9(13)4-5-10(14)12(8)15-11/h4-5,7,11,13-14H,3,6H2,1-2H3. The van der Waals surface area contributed by atoms with Crippen LogP contribution in [-0.4, -0.2) is 16.3 Å². The summed E-state index contributed by atoms with van der Waals surface area (Å²) in [6, 6.07) is 2.98. The van der Waals surface area contributed by atoms with Crippen LogP contribution in [0, 0.1) is 5.92 Å². The van der Waals surface area contributed by atoms with Crippen molar-refractivity contribution < 1.29 is 14.9 Å². The van der Waals surface area contributed by atoms with Crippen LogP contribution in [0.15, 0.2) is 12.1 Å². The first kappa shape index (κ1) is 10.1. The van der Waals surface area contributed by atoms with Crippen molar-refractivity contribution in [3.63, 3.8) is 0 Å². The van der Waals surface area contributed by atoms with Crippen LogP contribution in [0.1, 0.15) is 25.8 Å². The summed E-state index contributed by atoms with van der Waals surface area (Å²) in [4.78, 5) is 0. The molecule has 82 valence electrons. The van der Waals surface area contributed by atoms with Crippen LogP contribution in [0.25, 0.3) is 0 Å². The van der Waals surface area contributed by atoms with Crippen molar-refractivity contribution in [3.05, 3.63) is 17.7 Å². The Morgan fingerprint density at radius 1 is 1.27 bits per heavy atom. The minimum absolute atomic E-state index is 0.119. The van der Waals surface area contributed by atoms with Gasteiger partial charge in [-0.15, -0.1) is 0 Å². The molecular formula is C12H16O3. The Bertz CT molecular complexity index is 371. The molecule has 2 N–H and O–H groups in total. The number of ether oxygens (including phenoxy) is 1. The Hall–Kier alpha value is -1.38. The summed E-state index contributed by atoms with van der Waals surface area (Å²) >= 11 is 0. The highest BCUT2D eigenvalue weighted by Crippen LogP contribution is 2.41. The Balaban J connectivity index is 2.36. The van der Waals surface area contributed by atoms with E-state index in [2.05, 4.69) is 13.8 Å². The van der Waals surface area contributed by atoms with Gasteiger partial charge in [0.2, 0.25) is 0 Å². The second-order valence-corrected chi connectivity index (χ2v) is 4.35. The highest BCUT2D eigenvalue weighted by Gasteiger charge is 2.26. The maximum absolute atomic E-state index is 9.64. The Labute approximate surface area is 89.3 Å². The monoisotopic (exact) mass is 208 g/mol. The van der Waals surface area contributed by atoms with E-state index in [1.54, 1.807) is 0 Å².